The molecule has 0 N–H and O–H groups in total. The minimum atomic E-state index is 1.16. The molecule has 0 radical (unpaired) electrons. The van der Waals surface area contributed by atoms with Gasteiger partial charge in [-0.2, -0.15) is 0 Å². The topological polar surface area (TPSA) is 12.9 Å². The van der Waals surface area contributed by atoms with Gasteiger partial charge >= 0.3 is 0 Å². The maximum Gasteiger partial charge on any atom is 0.0736 e. The highest BCUT2D eigenvalue weighted by molar-refractivity contribution is 5.67. The molecule has 1 nitrogen and oxygen atoms in total. The summed E-state index contributed by atoms with van der Waals surface area (Å²) in [6.45, 7) is 0. The summed E-state index contributed by atoms with van der Waals surface area (Å²) in [6, 6.07) is 12.9. The second-order valence-electron chi connectivity index (χ2n) is 4.38. The molecule has 0 bridgehead atoms. The van der Waals surface area contributed by atoms with Crippen LogP contribution in [0.15, 0.2) is 42.6 Å². The molecule has 0 saturated heterocycles. The van der Waals surface area contributed by atoms with Crippen molar-refractivity contribution in [1.82, 2.24) is 4.98 Å². The Bertz CT molecular complexity index is 455. The van der Waals surface area contributed by atoms with E-state index in [4.69, 9.17) is 0 Å². The Morgan fingerprint density at radius 1 is 0.812 bits per heavy atom. The van der Waals surface area contributed by atoms with Crippen molar-refractivity contribution in [3.8, 4) is 11.3 Å². The second-order valence-corrected chi connectivity index (χ2v) is 4.38. The first-order valence-corrected chi connectivity index (χ1v) is 5.97. The molecule has 80 valence electrons. The molecule has 0 amide bonds. The molecular formula is C15H15N. The van der Waals surface area contributed by atoms with Crippen molar-refractivity contribution < 1.29 is 0 Å². The van der Waals surface area contributed by atoms with Crippen LogP contribution in [0.2, 0.25) is 0 Å². The average molecular weight is 209 g/mol. The Balaban J connectivity index is 2.22. The van der Waals surface area contributed by atoms with Crippen LogP contribution in [0.1, 0.15) is 24.0 Å². The van der Waals surface area contributed by atoms with E-state index in [-0.39, 0.29) is 0 Å². The Kier molecular flexibility index (Phi) is 2.45. The van der Waals surface area contributed by atoms with Crippen LogP contribution in [-0.4, -0.2) is 4.98 Å². The monoisotopic (exact) mass is 209 g/mol. The molecule has 1 aromatic heterocycles. The number of pyridine rings is 1. The van der Waals surface area contributed by atoms with E-state index < -0.39 is 0 Å². The van der Waals surface area contributed by atoms with Gasteiger partial charge in [-0.15, -0.1) is 0 Å². The first kappa shape index (κ1) is 9.59. The largest absolute Gasteiger partial charge is 0.256 e. The van der Waals surface area contributed by atoms with E-state index in [0.29, 0.717) is 0 Å². The average Bonchev–Trinajstić information content (AvgIpc) is 2.33. The normalized spacial score (nSPS) is 14.5. The van der Waals surface area contributed by atoms with Gasteiger partial charge in [0.1, 0.15) is 0 Å². The minimum Gasteiger partial charge on any atom is -0.256 e. The van der Waals surface area contributed by atoms with Crippen LogP contribution in [-0.2, 0) is 12.8 Å². The molecule has 1 aliphatic carbocycles. The van der Waals surface area contributed by atoms with Gasteiger partial charge in [-0.1, -0.05) is 30.3 Å². The van der Waals surface area contributed by atoms with Gasteiger partial charge in [0.25, 0.3) is 0 Å². The van der Waals surface area contributed by atoms with E-state index in [2.05, 4.69) is 35.3 Å². The van der Waals surface area contributed by atoms with Gasteiger partial charge in [0.2, 0.25) is 0 Å². The molecule has 1 aromatic carbocycles. The fourth-order valence-corrected chi connectivity index (χ4v) is 2.48. The van der Waals surface area contributed by atoms with Crippen LogP contribution >= 0.6 is 0 Å². The molecule has 0 atom stereocenters. The summed E-state index contributed by atoms with van der Waals surface area (Å²) >= 11 is 0. The zero-order valence-electron chi connectivity index (χ0n) is 9.32. The molecule has 0 saturated carbocycles. The lowest BCUT2D eigenvalue weighted by Crippen LogP contribution is -2.01. The van der Waals surface area contributed by atoms with E-state index in [9.17, 15) is 0 Å². The van der Waals surface area contributed by atoms with E-state index in [0.717, 1.165) is 6.42 Å². The third-order valence-corrected chi connectivity index (χ3v) is 3.31. The lowest BCUT2D eigenvalue weighted by atomic mass is 9.91. The third kappa shape index (κ3) is 1.63. The number of nitrogens with zero attached hydrogens (tertiary/aromatic N) is 1. The summed E-state index contributed by atoms with van der Waals surface area (Å²) in [5.74, 6) is 0. The molecular weight excluding hydrogens is 194 g/mol. The van der Waals surface area contributed by atoms with E-state index in [1.54, 1.807) is 0 Å². The number of hydrogen-bond donors (Lipinski definition) is 0. The lowest BCUT2D eigenvalue weighted by molar-refractivity contribution is 0.727. The van der Waals surface area contributed by atoms with Crippen molar-refractivity contribution in [3.05, 3.63) is 53.7 Å². The molecule has 0 fully saturated rings. The Morgan fingerprint density at radius 2 is 1.56 bits per heavy atom. The number of rotatable bonds is 0. The zero-order chi connectivity index (χ0) is 10.8. The molecule has 0 spiro atoms. The fourth-order valence-electron chi connectivity index (χ4n) is 2.48. The van der Waals surface area contributed by atoms with Crippen molar-refractivity contribution >= 4 is 0 Å². The highest BCUT2D eigenvalue weighted by Crippen LogP contribution is 2.29. The minimum absolute atomic E-state index is 1.16. The number of aryl methyl sites for hydroxylation is 2. The van der Waals surface area contributed by atoms with Crippen LogP contribution in [0.25, 0.3) is 11.3 Å². The SMILES string of the molecule is c1ccc2c(c1)CCCCc1cccnc1-2. The molecule has 1 heteroatoms. The van der Waals surface area contributed by atoms with Crippen LogP contribution in [0.4, 0.5) is 0 Å². The smallest absolute Gasteiger partial charge is 0.0736 e. The van der Waals surface area contributed by atoms with E-state index in [1.165, 1.54) is 41.6 Å². The molecule has 3 rings (SSSR count). The first-order chi connectivity index (χ1) is 7.95. The van der Waals surface area contributed by atoms with Gasteiger partial charge in [0, 0.05) is 11.8 Å². The van der Waals surface area contributed by atoms with Gasteiger partial charge in [0.05, 0.1) is 5.69 Å². The Hall–Kier alpha value is -1.63. The summed E-state index contributed by atoms with van der Waals surface area (Å²) in [7, 11) is 0. The van der Waals surface area contributed by atoms with Crippen molar-refractivity contribution in [3.63, 3.8) is 0 Å². The van der Waals surface area contributed by atoms with Gasteiger partial charge in [-0.3, -0.25) is 4.98 Å². The third-order valence-electron chi connectivity index (χ3n) is 3.31. The summed E-state index contributed by atoms with van der Waals surface area (Å²) in [5.41, 5.74) is 5.37. The van der Waals surface area contributed by atoms with Gasteiger partial charge in [-0.25, -0.2) is 0 Å². The van der Waals surface area contributed by atoms with Crippen molar-refractivity contribution in [2.45, 2.75) is 25.7 Å². The quantitative estimate of drug-likeness (QED) is 0.645. The molecule has 1 heterocycles. The Morgan fingerprint density at radius 3 is 2.50 bits per heavy atom. The number of aromatic nitrogens is 1. The molecule has 2 aromatic rings. The van der Waals surface area contributed by atoms with Crippen molar-refractivity contribution in [2.24, 2.45) is 0 Å². The van der Waals surface area contributed by atoms with Gasteiger partial charge in [-0.05, 0) is 42.9 Å². The van der Waals surface area contributed by atoms with Crippen LogP contribution < -0.4 is 0 Å². The Labute approximate surface area is 96.2 Å². The highest BCUT2D eigenvalue weighted by Gasteiger charge is 2.12. The van der Waals surface area contributed by atoms with Crippen molar-refractivity contribution in [1.29, 1.82) is 0 Å². The maximum atomic E-state index is 4.56. The predicted octanol–water partition coefficient (Wildman–Crippen LogP) is 3.63. The fraction of sp³-hybridized carbons (Fsp3) is 0.267. The van der Waals surface area contributed by atoms with Gasteiger partial charge in [0.15, 0.2) is 0 Å². The standard InChI is InChI=1S/C15H15N/c1-2-8-13-9-5-11-16-15(13)14-10-4-3-7-12(14)6-1/h3-5,7,9-11H,1-2,6,8H2. The second kappa shape index (κ2) is 4.09. The molecule has 0 unspecified atom stereocenters. The summed E-state index contributed by atoms with van der Waals surface area (Å²) in [4.78, 5) is 4.56. The van der Waals surface area contributed by atoms with Gasteiger partial charge < -0.3 is 0 Å². The summed E-state index contributed by atoms with van der Waals surface area (Å²) < 4.78 is 0. The first-order valence-electron chi connectivity index (χ1n) is 5.97. The summed E-state index contributed by atoms with van der Waals surface area (Å²) in [6.07, 6.45) is 6.80. The number of hydrogen-bond acceptors (Lipinski definition) is 1. The summed E-state index contributed by atoms with van der Waals surface area (Å²) in [5, 5.41) is 0. The number of fused-ring (bicyclic) bond motifs is 3. The van der Waals surface area contributed by atoms with Crippen LogP contribution in [0.5, 0.6) is 0 Å². The predicted molar refractivity (Wildman–Crippen MR) is 66.3 cm³/mol. The lowest BCUT2D eigenvalue weighted by Gasteiger charge is -2.16. The number of benzene rings is 1. The zero-order valence-corrected chi connectivity index (χ0v) is 9.32. The van der Waals surface area contributed by atoms with Crippen molar-refractivity contribution in [2.75, 3.05) is 0 Å². The van der Waals surface area contributed by atoms with Crippen LogP contribution in [0.3, 0.4) is 0 Å². The molecule has 0 aliphatic heterocycles. The van der Waals surface area contributed by atoms with Crippen LogP contribution in [0, 0.1) is 0 Å². The maximum absolute atomic E-state index is 4.56. The molecule has 16 heavy (non-hydrogen) atoms. The highest BCUT2D eigenvalue weighted by atomic mass is 14.7. The van der Waals surface area contributed by atoms with E-state index in [1.807, 2.05) is 12.3 Å². The van der Waals surface area contributed by atoms with E-state index >= 15 is 0 Å². The molecule has 1 aliphatic rings.